The van der Waals surface area contributed by atoms with Gasteiger partial charge in [-0.3, -0.25) is 0 Å². The molecule has 0 aromatic carbocycles. The standard InChI is InChI=1S/C13H25ClO/c14-12-10-8-6-4-2-1-3-5-7-9-11-13-15/h7,9,15H,1-6,8,10-13H2/b9-7-. The van der Waals surface area contributed by atoms with Gasteiger partial charge in [0.25, 0.3) is 0 Å². The van der Waals surface area contributed by atoms with Crippen LogP contribution in [0.1, 0.15) is 57.8 Å². The summed E-state index contributed by atoms with van der Waals surface area (Å²) in [6.07, 6.45) is 15.4. The molecule has 0 saturated carbocycles. The van der Waals surface area contributed by atoms with Crippen LogP contribution in [0, 0.1) is 0 Å². The van der Waals surface area contributed by atoms with E-state index in [9.17, 15) is 0 Å². The number of hydrogen-bond donors (Lipinski definition) is 1. The average Bonchev–Trinajstić information content (AvgIpc) is 2.26. The van der Waals surface area contributed by atoms with Gasteiger partial charge in [0.2, 0.25) is 0 Å². The molecule has 0 aliphatic carbocycles. The van der Waals surface area contributed by atoms with E-state index in [0.29, 0.717) is 0 Å². The molecule has 1 nitrogen and oxygen atoms in total. The summed E-state index contributed by atoms with van der Waals surface area (Å²) in [7, 11) is 0. The fraction of sp³-hybridized carbons (Fsp3) is 0.846. The van der Waals surface area contributed by atoms with E-state index in [1.165, 1.54) is 51.4 Å². The van der Waals surface area contributed by atoms with E-state index in [1.54, 1.807) is 0 Å². The van der Waals surface area contributed by atoms with Crippen molar-refractivity contribution >= 4 is 11.6 Å². The second-order valence-corrected chi connectivity index (χ2v) is 4.31. The largest absolute Gasteiger partial charge is 0.396 e. The molecule has 0 fully saturated rings. The molecule has 0 bridgehead atoms. The highest BCUT2D eigenvalue weighted by atomic mass is 35.5. The number of halogens is 1. The molecule has 0 aliphatic heterocycles. The molecule has 0 saturated heterocycles. The van der Waals surface area contributed by atoms with Crippen LogP contribution >= 0.6 is 11.6 Å². The summed E-state index contributed by atoms with van der Waals surface area (Å²) < 4.78 is 0. The van der Waals surface area contributed by atoms with Crippen molar-refractivity contribution in [3.8, 4) is 0 Å². The molecule has 0 amide bonds. The Morgan fingerprint density at radius 1 is 0.733 bits per heavy atom. The lowest BCUT2D eigenvalue weighted by molar-refractivity contribution is 0.302. The molecule has 2 heteroatoms. The fourth-order valence-corrected chi connectivity index (χ4v) is 1.74. The first kappa shape index (κ1) is 15.0. The Bertz CT molecular complexity index is 134. The molecule has 0 radical (unpaired) electrons. The third-order valence-corrected chi connectivity index (χ3v) is 2.73. The topological polar surface area (TPSA) is 20.2 Å². The number of aliphatic hydroxyl groups is 1. The van der Waals surface area contributed by atoms with Crippen molar-refractivity contribution in [3.05, 3.63) is 12.2 Å². The van der Waals surface area contributed by atoms with Crippen LogP contribution in [0.4, 0.5) is 0 Å². The average molecular weight is 233 g/mol. The normalized spacial score (nSPS) is 11.3. The molecule has 15 heavy (non-hydrogen) atoms. The van der Waals surface area contributed by atoms with Gasteiger partial charge in [0, 0.05) is 12.5 Å². The van der Waals surface area contributed by atoms with E-state index in [-0.39, 0.29) is 6.61 Å². The number of allylic oxidation sites excluding steroid dienone is 1. The van der Waals surface area contributed by atoms with Gasteiger partial charge in [0.05, 0.1) is 0 Å². The van der Waals surface area contributed by atoms with Gasteiger partial charge in [-0.25, -0.2) is 0 Å². The molecule has 0 aromatic heterocycles. The third kappa shape index (κ3) is 14.0. The summed E-state index contributed by atoms with van der Waals surface area (Å²) in [5.41, 5.74) is 0. The van der Waals surface area contributed by atoms with E-state index >= 15 is 0 Å². The van der Waals surface area contributed by atoms with Crippen molar-refractivity contribution in [1.29, 1.82) is 0 Å². The van der Waals surface area contributed by atoms with Crippen LogP contribution in [0.15, 0.2) is 12.2 Å². The lowest BCUT2D eigenvalue weighted by Gasteiger charge is -1.99. The predicted octanol–water partition coefficient (Wildman–Crippen LogP) is 4.28. The van der Waals surface area contributed by atoms with Gasteiger partial charge in [-0.1, -0.05) is 44.3 Å². The van der Waals surface area contributed by atoms with E-state index in [0.717, 1.165) is 12.3 Å². The first-order valence-electron chi connectivity index (χ1n) is 6.23. The lowest BCUT2D eigenvalue weighted by atomic mass is 10.1. The highest BCUT2D eigenvalue weighted by molar-refractivity contribution is 6.17. The number of aliphatic hydroxyl groups excluding tert-OH is 1. The van der Waals surface area contributed by atoms with Crippen molar-refractivity contribution in [1.82, 2.24) is 0 Å². The quantitative estimate of drug-likeness (QED) is 0.320. The van der Waals surface area contributed by atoms with Crippen molar-refractivity contribution in [2.75, 3.05) is 12.5 Å². The fourth-order valence-electron chi connectivity index (χ4n) is 1.55. The van der Waals surface area contributed by atoms with Crippen LogP contribution < -0.4 is 0 Å². The first-order chi connectivity index (χ1) is 7.41. The molecule has 0 unspecified atom stereocenters. The SMILES string of the molecule is OCC/C=C\CCCCCCCCCCl. The Kier molecular flexibility index (Phi) is 14.0. The lowest BCUT2D eigenvalue weighted by Crippen LogP contribution is -1.81. The predicted molar refractivity (Wildman–Crippen MR) is 68.5 cm³/mol. The zero-order chi connectivity index (χ0) is 11.2. The van der Waals surface area contributed by atoms with Gasteiger partial charge in [-0.15, -0.1) is 11.6 Å². The maximum atomic E-state index is 8.55. The highest BCUT2D eigenvalue weighted by Gasteiger charge is 1.90. The first-order valence-corrected chi connectivity index (χ1v) is 6.77. The molecular formula is C13H25ClO. The Morgan fingerprint density at radius 2 is 1.27 bits per heavy atom. The van der Waals surface area contributed by atoms with Gasteiger partial charge in [-0.2, -0.15) is 0 Å². The number of alkyl halides is 1. The van der Waals surface area contributed by atoms with Crippen LogP contribution in [0.5, 0.6) is 0 Å². The summed E-state index contributed by atoms with van der Waals surface area (Å²) >= 11 is 5.60. The van der Waals surface area contributed by atoms with Crippen LogP contribution in [0.2, 0.25) is 0 Å². The third-order valence-electron chi connectivity index (χ3n) is 2.47. The van der Waals surface area contributed by atoms with Crippen LogP contribution in [-0.2, 0) is 0 Å². The molecular weight excluding hydrogens is 208 g/mol. The monoisotopic (exact) mass is 232 g/mol. The van der Waals surface area contributed by atoms with Gasteiger partial charge in [0.1, 0.15) is 0 Å². The molecule has 0 spiro atoms. The highest BCUT2D eigenvalue weighted by Crippen LogP contribution is 2.09. The maximum absolute atomic E-state index is 8.55. The van der Waals surface area contributed by atoms with E-state index in [4.69, 9.17) is 16.7 Å². The summed E-state index contributed by atoms with van der Waals surface area (Å²) in [5.74, 6) is 0.815. The van der Waals surface area contributed by atoms with Gasteiger partial charge >= 0.3 is 0 Å². The molecule has 0 aromatic rings. The Morgan fingerprint density at radius 3 is 1.87 bits per heavy atom. The van der Waals surface area contributed by atoms with Gasteiger partial charge in [-0.05, 0) is 25.7 Å². The molecule has 0 rings (SSSR count). The van der Waals surface area contributed by atoms with Crippen molar-refractivity contribution < 1.29 is 5.11 Å². The van der Waals surface area contributed by atoms with E-state index in [1.807, 2.05) is 0 Å². The summed E-state index contributed by atoms with van der Waals surface area (Å²) in [6, 6.07) is 0. The molecule has 90 valence electrons. The maximum Gasteiger partial charge on any atom is 0.0465 e. The minimum absolute atomic E-state index is 0.275. The Balaban J connectivity index is 2.92. The van der Waals surface area contributed by atoms with E-state index in [2.05, 4.69) is 12.2 Å². The van der Waals surface area contributed by atoms with Crippen molar-refractivity contribution in [3.63, 3.8) is 0 Å². The van der Waals surface area contributed by atoms with E-state index < -0.39 is 0 Å². The van der Waals surface area contributed by atoms with Crippen LogP contribution in [0.3, 0.4) is 0 Å². The van der Waals surface area contributed by atoms with Crippen molar-refractivity contribution in [2.24, 2.45) is 0 Å². The molecule has 0 heterocycles. The molecule has 1 N–H and O–H groups in total. The Hall–Kier alpha value is -0.0100. The molecule has 0 aliphatic rings. The zero-order valence-electron chi connectivity index (χ0n) is 9.76. The zero-order valence-corrected chi connectivity index (χ0v) is 10.5. The molecule has 0 atom stereocenters. The minimum atomic E-state index is 0.275. The van der Waals surface area contributed by atoms with Crippen LogP contribution in [-0.4, -0.2) is 17.6 Å². The number of unbranched alkanes of at least 4 members (excludes halogenated alkanes) is 7. The summed E-state index contributed by atoms with van der Waals surface area (Å²) in [6.45, 7) is 0.275. The number of rotatable bonds is 11. The Labute approximate surface area is 99.5 Å². The minimum Gasteiger partial charge on any atom is -0.396 e. The van der Waals surface area contributed by atoms with Crippen LogP contribution in [0.25, 0.3) is 0 Å². The van der Waals surface area contributed by atoms with Gasteiger partial charge < -0.3 is 5.11 Å². The van der Waals surface area contributed by atoms with Gasteiger partial charge in [0.15, 0.2) is 0 Å². The summed E-state index contributed by atoms with van der Waals surface area (Å²) in [4.78, 5) is 0. The second kappa shape index (κ2) is 14.0. The second-order valence-electron chi connectivity index (χ2n) is 3.94. The summed E-state index contributed by atoms with van der Waals surface area (Å²) in [5, 5.41) is 8.55. The van der Waals surface area contributed by atoms with Crippen molar-refractivity contribution in [2.45, 2.75) is 57.8 Å². The number of hydrogen-bond acceptors (Lipinski definition) is 1. The smallest absolute Gasteiger partial charge is 0.0465 e.